The maximum absolute atomic E-state index is 13.4. The number of thiophene rings is 1. The summed E-state index contributed by atoms with van der Waals surface area (Å²) in [6.45, 7) is 0. The number of thioether (sulfide) groups is 1. The zero-order valence-corrected chi connectivity index (χ0v) is 10.0. The van der Waals surface area contributed by atoms with Gasteiger partial charge in [0.1, 0.15) is 5.82 Å². The fraction of sp³-hybridized carbons (Fsp3) is 0.111. The Hall–Kier alpha value is -0.0600. The van der Waals surface area contributed by atoms with Crippen molar-refractivity contribution in [3.63, 3.8) is 0 Å². The Balaban J connectivity index is 2.87. The van der Waals surface area contributed by atoms with E-state index in [1.165, 1.54) is 6.07 Å². The fourth-order valence-electron chi connectivity index (χ4n) is 1.20. The van der Waals surface area contributed by atoms with E-state index in [4.69, 9.17) is 0 Å². The van der Waals surface area contributed by atoms with Gasteiger partial charge in [-0.15, -0.1) is 23.1 Å². The SMILES string of the molecule is CSc1csc2c(Br)ccc(F)c12. The maximum Gasteiger partial charge on any atom is 0.133 e. The number of benzene rings is 1. The summed E-state index contributed by atoms with van der Waals surface area (Å²) in [6.07, 6.45) is 1.96. The molecule has 0 fully saturated rings. The second-order valence-electron chi connectivity index (χ2n) is 2.54. The van der Waals surface area contributed by atoms with Crippen molar-refractivity contribution in [2.24, 2.45) is 0 Å². The molecule has 0 spiro atoms. The van der Waals surface area contributed by atoms with Crippen LogP contribution >= 0.6 is 39.0 Å². The van der Waals surface area contributed by atoms with Gasteiger partial charge in [-0.2, -0.15) is 0 Å². The largest absolute Gasteiger partial charge is 0.206 e. The molecule has 0 radical (unpaired) electrons. The highest BCUT2D eigenvalue weighted by Crippen LogP contribution is 2.37. The van der Waals surface area contributed by atoms with Crippen LogP contribution in [0.25, 0.3) is 10.1 Å². The average molecular weight is 277 g/mol. The second kappa shape index (κ2) is 3.59. The summed E-state index contributed by atoms with van der Waals surface area (Å²) in [5, 5.41) is 2.73. The van der Waals surface area contributed by atoms with Crippen LogP contribution in [0.1, 0.15) is 0 Å². The van der Waals surface area contributed by atoms with Crippen molar-refractivity contribution >= 4 is 49.1 Å². The van der Waals surface area contributed by atoms with Crippen molar-refractivity contribution in [1.29, 1.82) is 0 Å². The van der Waals surface area contributed by atoms with Gasteiger partial charge in [0.25, 0.3) is 0 Å². The molecular formula is C9H6BrFS2. The van der Waals surface area contributed by atoms with Gasteiger partial charge in [-0.1, -0.05) is 0 Å². The van der Waals surface area contributed by atoms with Gasteiger partial charge >= 0.3 is 0 Å². The summed E-state index contributed by atoms with van der Waals surface area (Å²) >= 11 is 6.56. The Labute approximate surface area is 92.3 Å². The van der Waals surface area contributed by atoms with Gasteiger partial charge in [0.15, 0.2) is 0 Å². The van der Waals surface area contributed by atoms with Gasteiger partial charge < -0.3 is 0 Å². The van der Waals surface area contributed by atoms with Gasteiger partial charge in [-0.3, -0.25) is 0 Å². The lowest BCUT2D eigenvalue weighted by Crippen LogP contribution is -1.76. The van der Waals surface area contributed by atoms with Gasteiger partial charge in [0.05, 0.1) is 4.70 Å². The molecule has 0 N–H and O–H groups in total. The summed E-state index contributed by atoms with van der Waals surface area (Å²) < 4.78 is 15.4. The molecule has 0 unspecified atom stereocenters. The molecule has 0 saturated heterocycles. The van der Waals surface area contributed by atoms with Crippen molar-refractivity contribution in [2.45, 2.75) is 4.90 Å². The number of fused-ring (bicyclic) bond motifs is 1. The lowest BCUT2D eigenvalue weighted by molar-refractivity contribution is 0.638. The van der Waals surface area contributed by atoms with E-state index in [0.29, 0.717) is 0 Å². The average Bonchev–Trinajstić information content (AvgIpc) is 2.56. The molecule has 68 valence electrons. The minimum atomic E-state index is -0.135. The zero-order chi connectivity index (χ0) is 9.42. The fourth-order valence-corrected chi connectivity index (χ4v) is 3.66. The first-order valence-corrected chi connectivity index (χ1v) is 6.53. The molecule has 0 aliphatic heterocycles. The summed E-state index contributed by atoms with van der Waals surface area (Å²) in [5.41, 5.74) is 0. The number of rotatable bonds is 1. The van der Waals surface area contributed by atoms with Crippen molar-refractivity contribution < 1.29 is 4.39 Å². The van der Waals surface area contributed by atoms with E-state index in [9.17, 15) is 4.39 Å². The number of halogens is 2. The third-order valence-electron chi connectivity index (χ3n) is 1.81. The Morgan fingerprint density at radius 2 is 2.23 bits per heavy atom. The Morgan fingerprint density at radius 1 is 1.46 bits per heavy atom. The van der Waals surface area contributed by atoms with Gasteiger partial charge in [0, 0.05) is 20.1 Å². The van der Waals surface area contributed by atoms with E-state index in [1.807, 2.05) is 11.6 Å². The summed E-state index contributed by atoms with van der Waals surface area (Å²) in [4.78, 5) is 1.01. The van der Waals surface area contributed by atoms with Crippen LogP contribution in [-0.2, 0) is 0 Å². The first kappa shape index (κ1) is 9.49. The van der Waals surface area contributed by atoms with Crippen molar-refractivity contribution in [1.82, 2.24) is 0 Å². The summed E-state index contributed by atoms with van der Waals surface area (Å²) in [7, 11) is 0. The third-order valence-corrected chi connectivity index (χ3v) is 4.66. The van der Waals surface area contributed by atoms with Crippen LogP contribution in [0.4, 0.5) is 4.39 Å². The normalized spacial score (nSPS) is 11.0. The second-order valence-corrected chi connectivity index (χ2v) is 5.12. The molecule has 2 rings (SSSR count). The molecule has 1 aromatic carbocycles. The molecule has 0 aliphatic rings. The van der Waals surface area contributed by atoms with E-state index in [2.05, 4.69) is 15.9 Å². The third kappa shape index (κ3) is 1.51. The minimum absolute atomic E-state index is 0.135. The van der Waals surface area contributed by atoms with Crippen LogP contribution in [0.15, 0.2) is 26.9 Å². The van der Waals surface area contributed by atoms with Crippen LogP contribution in [0.2, 0.25) is 0 Å². The van der Waals surface area contributed by atoms with E-state index in [-0.39, 0.29) is 5.82 Å². The highest BCUT2D eigenvalue weighted by atomic mass is 79.9. The molecule has 0 atom stereocenters. The van der Waals surface area contributed by atoms with Crippen LogP contribution in [-0.4, -0.2) is 6.26 Å². The minimum Gasteiger partial charge on any atom is -0.206 e. The predicted octanol–water partition coefficient (Wildman–Crippen LogP) is 4.52. The van der Waals surface area contributed by atoms with Crippen molar-refractivity contribution in [2.75, 3.05) is 6.26 Å². The number of hydrogen-bond donors (Lipinski definition) is 0. The molecule has 0 saturated carbocycles. The van der Waals surface area contributed by atoms with Crippen LogP contribution in [0, 0.1) is 5.82 Å². The Bertz CT molecular complexity index is 450. The smallest absolute Gasteiger partial charge is 0.133 e. The molecular weight excluding hydrogens is 271 g/mol. The molecule has 4 heteroatoms. The van der Waals surface area contributed by atoms with E-state index in [1.54, 1.807) is 29.2 Å². The standard InChI is InChI=1S/C9H6BrFS2/c1-12-7-4-13-9-5(10)2-3-6(11)8(7)9/h2-4H,1H3. The molecule has 0 nitrogen and oxygen atoms in total. The molecule has 2 aromatic rings. The molecule has 13 heavy (non-hydrogen) atoms. The van der Waals surface area contributed by atoms with Crippen LogP contribution in [0.5, 0.6) is 0 Å². The van der Waals surface area contributed by atoms with Gasteiger partial charge in [0.2, 0.25) is 0 Å². The van der Waals surface area contributed by atoms with E-state index >= 15 is 0 Å². The van der Waals surface area contributed by atoms with E-state index in [0.717, 1.165) is 19.5 Å². The lowest BCUT2D eigenvalue weighted by Gasteiger charge is -1.97. The van der Waals surface area contributed by atoms with Gasteiger partial charge in [-0.25, -0.2) is 4.39 Å². The first-order chi connectivity index (χ1) is 6.24. The lowest BCUT2D eigenvalue weighted by atomic mass is 10.2. The van der Waals surface area contributed by atoms with E-state index < -0.39 is 0 Å². The van der Waals surface area contributed by atoms with Crippen LogP contribution in [0.3, 0.4) is 0 Å². The zero-order valence-electron chi connectivity index (χ0n) is 6.80. The predicted molar refractivity (Wildman–Crippen MR) is 61.3 cm³/mol. The Morgan fingerprint density at radius 3 is 2.92 bits per heavy atom. The van der Waals surface area contributed by atoms with Crippen molar-refractivity contribution in [3.8, 4) is 0 Å². The van der Waals surface area contributed by atoms with Gasteiger partial charge in [-0.05, 0) is 34.3 Å². The molecule has 0 amide bonds. The monoisotopic (exact) mass is 276 g/mol. The molecule has 0 bridgehead atoms. The highest BCUT2D eigenvalue weighted by molar-refractivity contribution is 9.10. The topological polar surface area (TPSA) is 0 Å². The first-order valence-electron chi connectivity index (χ1n) is 3.63. The molecule has 1 heterocycles. The quantitative estimate of drug-likeness (QED) is 0.690. The number of hydrogen-bond acceptors (Lipinski definition) is 2. The highest BCUT2D eigenvalue weighted by Gasteiger charge is 2.10. The molecule has 1 aromatic heterocycles. The van der Waals surface area contributed by atoms with Crippen molar-refractivity contribution in [3.05, 3.63) is 27.8 Å². The molecule has 0 aliphatic carbocycles. The Kier molecular flexibility index (Phi) is 2.62. The van der Waals surface area contributed by atoms with Crippen LogP contribution < -0.4 is 0 Å². The summed E-state index contributed by atoms with van der Waals surface area (Å²) in [6, 6.07) is 3.25. The maximum atomic E-state index is 13.4. The summed E-state index contributed by atoms with van der Waals surface area (Å²) in [5.74, 6) is -0.135.